The molecule has 0 heterocycles. The molecular formula is C12H27N2O4S+. The highest BCUT2D eigenvalue weighted by molar-refractivity contribution is 7.85. The van der Waals surface area contributed by atoms with E-state index in [0.29, 0.717) is 24.1 Å². The minimum absolute atomic E-state index is 0.00443. The lowest BCUT2D eigenvalue weighted by molar-refractivity contribution is -0.886. The summed E-state index contributed by atoms with van der Waals surface area (Å²) in [5.74, 6) is -0.265. The van der Waals surface area contributed by atoms with E-state index in [1.165, 1.54) is 0 Å². The van der Waals surface area contributed by atoms with Gasteiger partial charge in [0.25, 0.3) is 10.1 Å². The average molecular weight is 295 g/mol. The monoisotopic (exact) mass is 295 g/mol. The fraction of sp³-hybridized carbons (Fsp3) is 0.917. The molecule has 0 saturated carbocycles. The first-order valence-corrected chi connectivity index (χ1v) is 8.06. The molecule has 114 valence electrons. The van der Waals surface area contributed by atoms with E-state index in [2.05, 4.69) is 5.32 Å². The van der Waals surface area contributed by atoms with Gasteiger partial charge in [-0.05, 0) is 6.42 Å². The van der Waals surface area contributed by atoms with E-state index in [1.54, 1.807) is 0 Å². The Morgan fingerprint density at radius 3 is 2.21 bits per heavy atom. The second-order valence-electron chi connectivity index (χ2n) is 6.16. The molecule has 7 heteroatoms. The Balaban J connectivity index is 4.16. The third kappa shape index (κ3) is 8.18. The van der Waals surface area contributed by atoms with Crippen LogP contribution in [-0.2, 0) is 14.9 Å². The Bertz CT molecular complexity index is 402. The molecule has 0 radical (unpaired) electrons. The van der Waals surface area contributed by atoms with Crippen molar-refractivity contribution in [3.8, 4) is 0 Å². The second kappa shape index (κ2) is 6.67. The van der Waals surface area contributed by atoms with E-state index in [1.807, 2.05) is 34.9 Å². The van der Waals surface area contributed by atoms with Crippen molar-refractivity contribution in [2.45, 2.75) is 27.2 Å². The predicted octanol–water partition coefficient (Wildman–Crippen LogP) is 0.503. The van der Waals surface area contributed by atoms with Crippen LogP contribution < -0.4 is 5.32 Å². The van der Waals surface area contributed by atoms with Crippen LogP contribution in [-0.4, -0.2) is 62.8 Å². The van der Waals surface area contributed by atoms with Gasteiger partial charge in [-0.1, -0.05) is 20.8 Å². The first kappa shape index (κ1) is 18.3. The summed E-state index contributed by atoms with van der Waals surface area (Å²) in [6.45, 7) is 7.15. The van der Waals surface area contributed by atoms with Crippen molar-refractivity contribution in [3.63, 3.8) is 0 Å². The molecule has 0 aromatic heterocycles. The minimum Gasteiger partial charge on any atom is -0.350 e. The summed E-state index contributed by atoms with van der Waals surface area (Å²) in [5.41, 5.74) is -0.383. The normalized spacial score (nSPS) is 13.4. The number of hydrogen-bond acceptors (Lipinski definition) is 3. The lowest BCUT2D eigenvalue weighted by Crippen LogP contribution is -2.49. The quantitative estimate of drug-likeness (QED) is 0.504. The van der Waals surface area contributed by atoms with E-state index in [-0.39, 0.29) is 17.1 Å². The Morgan fingerprint density at radius 2 is 1.79 bits per heavy atom. The summed E-state index contributed by atoms with van der Waals surface area (Å²) in [7, 11) is -0.202. The van der Waals surface area contributed by atoms with Crippen LogP contribution in [0.15, 0.2) is 0 Å². The van der Waals surface area contributed by atoms with E-state index in [0.717, 1.165) is 6.42 Å². The molecule has 0 fully saturated rings. The molecule has 6 nitrogen and oxygen atoms in total. The van der Waals surface area contributed by atoms with E-state index >= 15 is 0 Å². The Labute approximate surface area is 116 Å². The first-order chi connectivity index (χ1) is 8.40. The molecule has 0 aromatic rings. The number of carbonyl (C=O) groups excluding carboxylic acids is 1. The molecule has 0 aromatic carbocycles. The molecule has 0 spiro atoms. The Kier molecular flexibility index (Phi) is 6.44. The third-order valence-electron chi connectivity index (χ3n) is 3.46. The van der Waals surface area contributed by atoms with Crippen molar-refractivity contribution < 1.29 is 22.2 Å². The molecule has 0 atom stereocenters. The zero-order valence-corrected chi connectivity index (χ0v) is 13.4. The van der Waals surface area contributed by atoms with Crippen LogP contribution in [0.25, 0.3) is 0 Å². The van der Waals surface area contributed by atoms with Gasteiger partial charge in [0.05, 0.1) is 33.7 Å². The molecule has 0 bridgehead atoms. The fourth-order valence-corrected chi connectivity index (χ4v) is 2.07. The molecule has 0 rings (SSSR count). The number of nitrogens with one attached hydrogen (secondary N) is 1. The van der Waals surface area contributed by atoms with Crippen molar-refractivity contribution in [1.29, 1.82) is 0 Å². The minimum atomic E-state index is -3.93. The van der Waals surface area contributed by atoms with Crippen molar-refractivity contribution in [1.82, 2.24) is 5.32 Å². The molecular weight excluding hydrogens is 268 g/mol. The number of quaternary nitrogens is 1. The number of rotatable bonds is 8. The average Bonchev–Trinajstić information content (AvgIpc) is 2.25. The van der Waals surface area contributed by atoms with Crippen molar-refractivity contribution in [3.05, 3.63) is 0 Å². The zero-order chi connectivity index (χ0) is 15.3. The van der Waals surface area contributed by atoms with Crippen LogP contribution in [0.3, 0.4) is 0 Å². The molecule has 0 aliphatic carbocycles. The van der Waals surface area contributed by atoms with Crippen LogP contribution in [0.1, 0.15) is 27.2 Å². The van der Waals surface area contributed by atoms with E-state index < -0.39 is 10.1 Å². The van der Waals surface area contributed by atoms with Gasteiger partial charge >= 0.3 is 0 Å². The molecule has 0 unspecified atom stereocenters. The molecule has 1 amide bonds. The largest absolute Gasteiger partial charge is 0.350 e. The molecule has 0 saturated heterocycles. The van der Waals surface area contributed by atoms with E-state index in [4.69, 9.17) is 4.55 Å². The van der Waals surface area contributed by atoms with Gasteiger partial charge in [-0.2, -0.15) is 8.42 Å². The summed E-state index contributed by atoms with van der Waals surface area (Å²) in [5, 5.41) is 2.86. The third-order valence-corrected chi connectivity index (χ3v) is 4.15. The zero-order valence-electron chi connectivity index (χ0n) is 12.6. The maximum atomic E-state index is 11.8. The van der Waals surface area contributed by atoms with Gasteiger partial charge in [-0.25, -0.2) is 0 Å². The molecule has 0 aliphatic rings. The van der Waals surface area contributed by atoms with Gasteiger partial charge in [0.15, 0.2) is 0 Å². The van der Waals surface area contributed by atoms with Gasteiger partial charge in [-0.3, -0.25) is 9.35 Å². The second-order valence-corrected chi connectivity index (χ2v) is 7.73. The van der Waals surface area contributed by atoms with E-state index in [9.17, 15) is 13.2 Å². The summed E-state index contributed by atoms with van der Waals surface area (Å²) < 4.78 is 30.6. The Morgan fingerprint density at radius 1 is 1.26 bits per heavy atom. The van der Waals surface area contributed by atoms with Crippen molar-refractivity contribution in [2.75, 3.05) is 39.5 Å². The summed E-state index contributed by atoms with van der Waals surface area (Å²) in [6, 6.07) is 0. The van der Waals surface area contributed by atoms with Crippen LogP contribution >= 0.6 is 0 Å². The first-order valence-electron chi connectivity index (χ1n) is 6.45. The lowest BCUT2D eigenvalue weighted by Gasteiger charge is -2.30. The maximum Gasteiger partial charge on any atom is 0.270 e. The van der Waals surface area contributed by atoms with Gasteiger partial charge in [-0.15, -0.1) is 0 Å². The van der Waals surface area contributed by atoms with Gasteiger partial charge in [0.1, 0.15) is 5.75 Å². The molecule has 19 heavy (non-hydrogen) atoms. The number of carbonyl (C=O) groups is 1. The maximum absolute atomic E-state index is 11.8. The summed E-state index contributed by atoms with van der Waals surface area (Å²) in [6.07, 6.45) is 0.764. The summed E-state index contributed by atoms with van der Waals surface area (Å²) >= 11 is 0. The highest BCUT2D eigenvalue weighted by atomic mass is 32.2. The smallest absolute Gasteiger partial charge is 0.270 e. The predicted molar refractivity (Wildman–Crippen MR) is 75.3 cm³/mol. The highest BCUT2D eigenvalue weighted by Crippen LogP contribution is 2.19. The van der Waals surface area contributed by atoms with Gasteiger partial charge in [0.2, 0.25) is 5.91 Å². The molecule has 0 aliphatic heterocycles. The standard InChI is InChI=1S/C12H26N2O4S/c1-6-12(2,3)11(15)13-7-8-14(4,5)9-10-19(16,17)18/h6-10H2,1-5H3,(H-,13,15,16,17,18)/p+1. The molecule has 2 N–H and O–H groups in total. The number of hydrogen-bond donors (Lipinski definition) is 2. The number of nitrogens with zero attached hydrogens (tertiary/aromatic N) is 1. The topological polar surface area (TPSA) is 83.5 Å². The van der Waals surface area contributed by atoms with Crippen LogP contribution in [0.2, 0.25) is 0 Å². The van der Waals surface area contributed by atoms with Crippen molar-refractivity contribution >= 4 is 16.0 Å². The van der Waals surface area contributed by atoms with Crippen LogP contribution in [0.4, 0.5) is 0 Å². The van der Waals surface area contributed by atoms with Crippen LogP contribution in [0.5, 0.6) is 0 Å². The van der Waals surface area contributed by atoms with Crippen molar-refractivity contribution in [2.24, 2.45) is 5.41 Å². The van der Waals surface area contributed by atoms with Gasteiger partial charge in [0, 0.05) is 5.41 Å². The highest BCUT2D eigenvalue weighted by Gasteiger charge is 2.26. The Hall–Kier alpha value is -0.660. The SMILES string of the molecule is CCC(C)(C)C(=O)NCC[N+](C)(C)CCS(=O)(=O)O. The fourth-order valence-electron chi connectivity index (χ4n) is 1.35. The van der Waals surface area contributed by atoms with Crippen LogP contribution in [0, 0.1) is 5.41 Å². The lowest BCUT2D eigenvalue weighted by atomic mass is 9.89. The number of amides is 1. The number of likely N-dealkylation sites (N-methyl/N-ethyl adjacent to an activating group) is 1. The van der Waals surface area contributed by atoms with Gasteiger partial charge < -0.3 is 9.80 Å². The summed E-state index contributed by atoms with van der Waals surface area (Å²) in [4.78, 5) is 11.8.